The van der Waals surface area contributed by atoms with E-state index in [1.165, 1.54) is 19.2 Å². The Balaban J connectivity index is 1.60. The van der Waals surface area contributed by atoms with Crippen molar-refractivity contribution in [2.45, 2.75) is 19.1 Å². The maximum atomic E-state index is 13.3. The average molecular weight is 423 g/mol. The third-order valence-electron chi connectivity index (χ3n) is 4.84. The van der Waals surface area contributed by atoms with Gasteiger partial charge in [0, 0.05) is 6.54 Å². The maximum Gasteiger partial charge on any atom is 0.327 e. The van der Waals surface area contributed by atoms with Gasteiger partial charge in [0.25, 0.3) is 0 Å². The molecule has 0 spiro atoms. The molecule has 0 heterocycles. The van der Waals surface area contributed by atoms with Crippen LogP contribution in [0.4, 0.5) is 4.39 Å². The Kier molecular flexibility index (Phi) is 8.01. The van der Waals surface area contributed by atoms with Crippen molar-refractivity contribution in [3.05, 3.63) is 95.3 Å². The van der Waals surface area contributed by atoms with Crippen LogP contribution in [0.3, 0.4) is 0 Å². The molecular weight excluding hydrogens is 397 g/mol. The second kappa shape index (κ2) is 11.1. The molecule has 0 bridgehead atoms. The van der Waals surface area contributed by atoms with Crippen molar-refractivity contribution >= 4 is 5.97 Å². The van der Waals surface area contributed by atoms with E-state index in [0.717, 1.165) is 16.7 Å². The molecule has 31 heavy (non-hydrogen) atoms. The zero-order valence-electron chi connectivity index (χ0n) is 17.6. The smallest absolute Gasteiger partial charge is 0.327 e. The first-order valence-corrected chi connectivity index (χ1v) is 10.0. The summed E-state index contributed by atoms with van der Waals surface area (Å²) in [6.45, 7) is 0.814. The van der Waals surface area contributed by atoms with Crippen molar-refractivity contribution in [2.75, 3.05) is 20.8 Å². The van der Waals surface area contributed by atoms with E-state index in [9.17, 15) is 9.18 Å². The quantitative estimate of drug-likeness (QED) is 0.488. The lowest BCUT2D eigenvalue weighted by Crippen LogP contribution is -2.31. The summed E-state index contributed by atoms with van der Waals surface area (Å²) >= 11 is 0. The number of carbonyl (C=O) groups excluding carboxylic acids is 1. The molecule has 1 unspecified atom stereocenters. The Hall–Kier alpha value is -3.38. The van der Waals surface area contributed by atoms with Crippen molar-refractivity contribution in [3.63, 3.8) is 0 Å². The molecule has 0 saturated carbocycles. The summed E-state index contributed by atoms with van der Waals surface area (Å²) in [5.41, 5.74) is 2.62. The van der Waals surface area contributed by atoms with E-state index in [1.807, 2.05) is 48.5 Å². The molecule has 162 valence electrons. The van der Waals surface area contributed by atoms with Gasteiger partial charge in [-0.25, -0.2) is 9.18 Å². The number of hydrogen-bond donors (Lipinski definition) is 1. The highest BCUT2D eigenvalue weighted by Gasteiger charge is 2.20. The molecule has 1 atom stereocenters. The van der Waals surface area contributed by atoms with Crippen LogP contribution in [0, 0.1) is 5.82 Å². The average Bonchev–Trinajstić information content (AvgIpc) is 2.81. The molecule has 3 rings (SSSR count). The van der Waals surface area contributed by atoms with E-state index < -0.39 is 6.04 Å². The Morgan fingerprint density at radius 1 is 0.935 bits per heavy atom. The highest BCUT2D eigenvalue weighted by molar-refractivity contribution is 5.77. The third kappa shape index (κ3) is 6.30. The second-order valence-corrected chi connectivity index (χ2v) is 6.97. The minimum absolute atomic E-state index is 0.243. The monoisotopic (exact) mass is 423 g/mol. The first-order valence-electron chi connectivity index (χ1n) is 10.0. The number of methoxy groups -OCH3 is 2. The number of esters is 1. The number of nitrogens with one attached hydrogen (secondary N) is 1. The van der Waals surface area contributed by atoms with Crippen molar-refractivity contribution in [2.24, 2.45) is 0 Å². The Morgan fingerprint density at radius 3 is 2.45 bits per heavy atom. The minimum Gasteiger partial charge on any atom is -0.493 e. The van der Waals surface area contributed by atoms with Gasteiger partial charge in [0.1, 0.15) is 18.5 Å². The van der Waals surface area contributed by atoms with Gasteiger partial charge < -0.3 is 19.5 Å². The van der Waals surface area contributed by atoms with Crippen LogP contribution in [0.2, 0.25) is 0 Å². The highest BCUT2D eigenvalue weighted by atomic mass is 19.1. The summed E-state index contributed by atoms with van der Waals surface area (Å²) in [5.74, 6) is 0.559. The fraction of sp³-hybridized carbons (Fsp3) is 0.240. The molecule has 5 nitrogen and oxygen atoms in total. The standard InChI is InChI=1S/C25H26FNO4/c1-29-23-16-18(11-12-22(23)31-17-19-7-6-10-21(26)15-19)13-14-27-24(25(28)30-2)20-8-4-3-5-9-20/h3-12,15-16,24,27H,13-14,17H2,1-2H3. The Bertz CT molecular complexity index is 994. The van der Waals surface area contributed by atoms with E-state index in [-0.39, 0.29) is 18.4 Å². The molecule has 6 heteroatoms. The maximum absolute atomic E-state index is 13.3. The van der Waals surface area contributed by atoms with Crippen LogP contribution in [0.1, 0.15) is 22.7 Å². The normalized spacial score (nSPS) is 11.6. The Morgan fingerprint density at radius 2 is 1.74 bits per heavy atom. The van der Waals surface area contributed by atoms with Gasteiger partial charge in [-0.3, -0.25) is 0 Å². The summed E-state index contributed by atoms with van der Waals surface area (Å²) in [6, 6.07) is 20.9. The fourth-order valence-corrected chi connectivity index (χ4v) is 3.24. The lowest BCUT2D eigenvalue weighted by atomic mass is 10.1. The predicted molar refractivity (Wildman–Crippen MR) is 117 cm³/mol. The van der Waals surface area contributed by atoms with Gasteiger partial charge in [-0.15, -0.1) is 0 Å². The predicted octanol–water partition coefficient (Wildman–Crippen LogP) is 4.46. The zero-order chi connectivity index (χ0) is 22.1. The van der Waals surface area contributed by atoms with Crippen LogP contribution >= 0.6 is 0 Å². The second-order valence-electron chi connectivity index (χ2n) is 6.97. The molecule has 0 aliphatic heterocycles. The van der Waals surface area contributed by atoms with Gasteiger partial charge in [0.05, 0.1) is 14.2 Å². The largest absolute Gasteiger partial charge is 0.493 e. The third-order valence-corrected chi connectivity index (χ3v) is 4.84. The molecule has 3 aromatic rings. The molecule has 0 radical (unpaired) electrons. The van der Waals surface area contributed by atoms with E-state index >= 15 is 0 Å². The summed E-state index contributed by atoms with van der Waals surface area (Å²) < 4.78 is 29.5. The number of hydrogen-bond acceptors (Lipinski definition) is 5. The molecular formula is C25H26FNO4. The van der Waals surface area contributed by atoms with Gasteiger partial charge >= 0.3 is 5.97 Å². The first-order chi connectivity index (χ1) is 15.1. The van der Waals surface area contributed by atoms with Crippen molar-refractivity contribution in [1.82, 2.24) is 5.32 Å². The van der Waals surface area contributed by atoms with E-state index in [0.29, 0.717) is 24.5 Å². The van der Waals surface area contributed by atoms with Crippen LogP contribution in [-0.4, -0.2) is 26.7 Å². The Labute approximate surface area is 181 Å². The lowest BCUT2D eigenvalue weighted by molar-refractivity contribution is -0.143. The van der Waals surface area contributed by atoms with Crippen LogP contribution in [-0.2, 0) is 22.6 Å². The summed E-state index contributed by atoms with van der Waals surface area (Å²) in [6.07, 6.45) is 0.681. The van der Waals surface area contributed by atoms with Gasteiger partial charge in [-0.2, -0.15) is 0 Å². The minimum atomic E-state index is -0.526. The first kappa shape index (κ1) is 22.3. The number of ether oxygens (including phenoxy) is 3. The molecule has 0 aromatic heterocycles. The lowest BCUT2D eigenvalue weighted by Gasteiger charge is -2.17. The molecule has 0 fully saturated rings. The van der Waals surface area contributed by atoms with Crippen LogP contribution < -0.4 is 14.8 Å². The summed E-state index contributed by atoms with van der Waals surface area (Å²) in [7, 11) is 2.96. The topological polar surface area (TPSA) is 56.8 Å². The molecule has 0 saturated heterocycles. The van der Waals surface area contributed by atoms with Crippen molar-refractivity contribution in [1.29, 1.82) is 0 Å². The molecule has 0 aliphatic carbocycles. The van der Waals surface area contributed by atoms with E-state index in [4.69, 9.17) is 14.2 Å². The number of halogens is 1. The van der Waals surface area contributed by atoms with Crippen LogP contribution in [0.25, 0.3) is 0 Å². The van der Waals surface area contributed by atoms with Gasteiger partial charge in [-0.05, 0) is 47.4 Å². The van der Waals surface area contributed by atoms with Gasteiger partial charge in [0.2, 0.25) is 0 Å². The number of rotatable bonds is 10. The molecule has 0 aliphatic rings. The van der Waals surface area contributed by atoms with Crippen molar-refractivity contribution < 1.29 is 23.4 Å². The van der Waals surface area contributed by atoms with E-state index in [2.05, 4.69) is 5.32 Å². The highest BCUT2D eigenvalue weighted by Crippen LogP contribution is 2.29. The zero-order valence-corrected chi connectivity index (χ0v) is 17.6. The van der Waals surface area contributed by atoms with Crippen LogP contribution in [0.5, 0.6) is 11.5 Å². The molecule has 0 amide bonds. The van der Waals surface area contributed by atoms with Crippen molar-refractivity contribution in [3.8, 4) is 11.5 Å². The molecule has 1 N–H and O–H groups in total. The SMILES string of the molecule is COC(=O)C(NCCc1ccc(OCc2cccc(F)c2)c(OC)c1)c1ccccc1. The molecule has 3 aromatic carbocycles. The number of benzene rings is 3. The van der Waals surface area contributed by atoms with E-state index in [1.54, 1.807) is 19.2 Å². The summed E-state index contributed by atoms with van der Waals surface area (Å²) in [4.78, 5) is 12.2. The summed E-state index contributed by atoms with van der Waals surface area (Å²) in [5, 5.41) is 3.26. The van der Waals surface area contributed by atoms with Crippen LogP contribution in [0.15, 0.2) is 72.8 Å². The number of carbonyl (C=O) groups is 1. The van der Waals surface area contributed by atoms with Gasteiger partial charge in [-0.1, -0.05) is 48.5 Å². The fourth-order valence-electron chi connectivity index (χ4n) is 3.24. The van der Waals surface area contributed by atoms with Gasteiger partial charge in [0.15, 0.2) is 11.5 Å².